The Bertz CT molecular complexity index is 889. The fourth-order valence-corrected chi connectivity index (χ4v) is 3.29. The summed E-state index contributed by atoms with van der Waals surface area (Å²) in [6.45, 7) is 3.57. The minimum atomic E-state index is -1.19. The second-order valence-corrected chi connectivity index (χ2v) is 6.75. The highest BCUT2D eigenvalue weighted by atomic mass is 16.5. The van der Waals surface area contributed by atoms with Gasteiger partial charge >= 0.3 is 0 Å². The molecule has 6 nitrogen and oxygen atoms in total. The summed E-state index contributed by atoms with van der Waals surface area (Å²) in [7, 11) is 1.48. The standard InChI is InChI=1S/C19H16O6/c1-19(2)7-6-10-14(20)13-15(21)11-8-9(23-3)4-5-12(11)24-18(13)16(22)17(10)25-19/h4-8,13,18H,1-3H3/t13?,18-/m1/s1. The van der Waals surface area contributed by atoms with Gasteiger partial charge in [0.15, 0.2) is 23.4 Å². The van der Waals surface area contributed by atoms with E-state index in [1.165, 1.54) is 13.2 Å². The molecule has 0 amide bonds. The first kappa shape index (κ1) is 15.6. The lowest BCUT2D eigenvalue weighted by atomic mass is 9.76. The summed E-state index contributed by atoms with van der Waals surface area (Å²) in [5, 5.41) is 0. The van der Waals surface area contributed by atoms with Crippen molar-refractivity contribution in [2.45, 2.75) is 25.6 Å². The van der Waals surface area contributed by atoms with Crippen LogP contribution in [0, 0.1) is 5.92 Å². The van der Waals surface area contributed by atoms with Gasteiger partial charge in [0, 0.05) is 0 Å². The van der Waals surface area contributed by atoms with Gasteiger partial charge in [0.05, 0.1) is 18.2 Å². The molecule has 1 aromatic carbocycles. The van der Waals surface area contributed by atoms with Crippen molar-refractivity contribution in [1.82, 2.24) is 0 Å². The predicted molar refractivity (Wildman–Crippen MR) is 86.6 cm³/mol. The molecule has 128 valence electrons. The number of hydrogen-bond acceptors (Lipinski definition) is 6. The average Bonchev–Trinajstić information content (AvgIpc) is 2.58. The molecular formula is C19H16O6. The molecule has 2 heterocycles. The van der Waals surface area contributed by atoms with E-state index in [0.717, 1.165) is 0 Å². The summed E-state index contributed by atoms with van der Waals surface area (Å²) >= 11 is 0. The van der Waals surface area contributed by atoms with Crippen LogP contribution in [0.15, 0.2) is 41.7 Å². The van der Waals surface area contributed by atoms with Crippen molar-refractivity contribution >= 4 is 17.3 Å². The highest BCUT2D eigenvalue weighted by molar-refractivity contribution is 6.26. The molecule has 0 N–H and O–H groups in total. The van der Waals surface area contributed by atoms with Crippen LogP contribution in [0.4, 0.5) is 0 Å². The molecule has 0 saturated carbocycles. The van der Waals surface area contributed by atoms with Gasteiger partial charge in [0.25, 0.3) is 0 Å². The topological polar surface area (TPSA) is 78.9 Å². The van der Waals surface area contributed by atoms with Crippen LogP contribution in [0.5, 0.6) is 11.5 Å². The van der Waals surface area contributed by atoms with Crippen molar-refractivity contribution in [2.75, 3.05) is 7.11 Å². The van der Waals surface area contributed by atoms with Gasteiger partial charge in [-0.15, -0.1) is 0 Å². The molecule has 0 fully saturated rings. The Balaban J connectivity index is 1.81. The van der Waals surface area contributed by atoms with Crippen LogP contribution in [0.3, 0.4) is 0 Å². The lowest BCUT2D eigenvalue weighted by Gasteiger charge is -2.38. The number of methoxy groups -OCH3 is 1. The van der Waals surface area contributed by atoms with Crippen LogP contribution in [-0.2, 0) is 14.3 Å². The molecule has 25 heavy (non-hydrogen) atoms. The molecule has 2 aliphatic heterocycles. The fraction of sp³-hybridized carbons (Fsp3) is 0.316. The summed E-state index contributed by atoms with van der Waals surface area (Å²) in [4.78, 5) is 38.6. The Kier molecular flexibility index (Phi) is 3.16. The SMILES string of the molecule is COc1ccc2c(c1)C(=O)C1C(=O)C3=C(OC(C)(C)C=C3)C(=O)[C@@H]1O2. The van der Waals surface area contributed by atoms with Crippen molar-refractivity contribution in [2.24, 2.45) is 5.92 Å². The van der Waals surface area contributed by atoms with Crippen LogP contribution < -0.4 is 9.47 Å². The molecule has 3 aliphatic rings. The number of carbonyl (C=O) groups is 3. The smallest absolute Gasteiger partial charge is 0.239 e. The van der Waals surface area contributed by atoms with E-state index < -0.39 is 35.0 Å². The normalized spacial score (nSPS) is 26.3. The Labute approximate surface area is 144 Å². The zero-order chi connectivity index (χ0) is 17.9. The fourth-order valence-electron chi connectivity index (χ4n) is 3.29. The van der Waals surface area contributed by atoms with Crippen LogP contribution in [0.25, 0.3) is 0 Å². The Morgan fingerprint density at radius 1 is 1.08 bits per heavy atom. The van der Waals surface area contributed by atoms with Gasteiger partial charge in [-0.05, 0) is 44.2 Å². The third-order valence-electron chi connectivity index (χ3n) is 4.58. The summed E-state index contributed by atoms with van der Waals surface area (Å²) in [5.74, 6) is -1.84. The number of allylic oxidation sites excluding steroid dienone is 2. The van der Waals surface area contributed by atoms with Crippen LogP contribution in [0.1, 0.15) is 24.2 Å². The first-order chi connectivity index (χ1) is 11.8. The molecule has 0 bridgehead atoms. The van der Waals surface area contributed by atoms with Gasteiger partial charge in [0.2, 0.25) is 5.78 Å². The van der Waals surface area contributed by atoms with E-state index in [-0.39, 0.29) is 22.6 Å². The van der Waals surface area contributed by atoms with Crippen LogP contribution >= 0.6 is 0 Å². The second kappa shape index (κ2) is 5.05. The number of benzene rings is 1. The predicted octanol–water partition coefficient (Wildman–Crippen LogP) is 2.03. The minimum Gasteiger partial charge on any atom is -0.497 e. The maximum atomic E-state index is 12.9. The number of ether oxygens (including phenoxy) is 3. The van der Waals surface area contributed by atoms with Crippen molar-refractivity contribution in [1.29, 1.82) is 0 Å². The van der Waals surface area contributed by atoms with Gasteiger partial charge < -0.3 is 14.2 Å². The largest absolute Gasteiger partial charge is 0.497 e. The van der Waals surface area contributed by atoms with Crippen molar-refractivity contribution in [3.63, 3.8) is 0 Å². The van der Waals surface area contributed by atoms with E-state index in [2.05, 4.69) is 0 Å². The van der Waals surface area contributed by atoms with E-state index in [0.29, 0.717) is 5.75 Å². The summed E-state index contributed by atoms with van der Waals surface area (Å²) in [6, 6.07) is 4.72. The maximum Gasteiger partial charge on any atom is 0.239 e. The van der Waals surface area contributed by atoms with Gasteiger partial charge in [-0.1, -0.05) is 0 Å². The number of Topliss-reactive ketones (excluding diaryl/α,β-unsaturated/α-hetero) is 3. The van der Waals surface area contributed by atoms with Crippen molar-refractivity contribution in [3.8, 4) is 11.5 Å². The minimum absolute atomic E-state index is 0.0245. The molecule has 1 unspecified atom stereocenters. The van der Waals surface area contributed by atoms with Crippen LogP contribution in [-0.4, -0.2) is 36.2 Å². The van der Waals surface area contributed by atoms with E-state index in [4.69, 9.17) is 14.2 Å². The van der Waals surface area contributed by atoms with Crippen LogP contribution in [0.2, 0.25) is 0 Å². The number of rotatable bonds is 1. The highest BCUT2D eigenvalue weighted by Gasteiger charge is 2.53. The molecule has 1 aliphatic carbocycles. The highest BCUT2D eigenvalue weighted by Crippen LogP contribution is 2.41. The zero-order valence-electron chi connectivity index (χ0n) is 14.0. The monoisotopic (exact) mass is 340 g/mol. The molecule has 4 rings (SSSR count). The molecule has 0 spiro atoms. The molecule has 0 aromatic heterocycles. The van der Waals surface area contributed by atoms with Crippen molar-refractivity contribution in [3.05, 3.63) is 47.2 Å². The number of hydrogen-bond donors (Lipinski definition) is 0. The van der Waals surface area contributed by atoms with E-state index in [1.807, 2.05) is 0 Å². The summed E-state index contributed by atoms with van der Waals surface area (Å²) in [5.41, 5.74) is -0.327. The Hall–Kier alpha value is -2.89. The second-order valence-electron chi connectivity index (χ2n) is 6.75. The average molecular weight is 340 g/mol. The van der Waals surface area contributed by atoms with E-state index in [1.54, 1.807) is 38.1 Å². The quantitative estimate of drug-likeness (QED) is 0.728. The molecular weight excluding hydrogens is 324 g/mol. The lowest BCUT2D eigenvalue weighted by Crippen LogP contribution is -2.52. The lowest BCUT2D eigenvalue weighted by molar-refractivity contribution is -0.137. The van der Waals surface area contributed by atoms with E-state index >= 15 is 0 Å². The van der Waals surface area contributed by atoms with E-state index in [9.17, 15) is 14.4 Å². The van der Waals surface area contributed by atoms with Crippen molar-refractivity contribution < 1.29 is 28.6 Å². The summed E-state index contributed by atoms with van der Waals surface area (Å²) in [6.07, 6.45) is 2.06. The van der Waals surface area contributed by atoms with Gasteiger partial charge in [0.1, 0.15) is 23.0 Å². The first-order valence-electron chi connectivity index (χ1n) is 7.92. The number of ketones is 3. The van der Waals surface area contributed by atoms with Gasteiger partial charge in [-0.2, -0.15) is 0 Å². The molecule has 2 atom stereocenters. The van der Waals surface area contributed by atoms with Gasteiger partial charge in [-0.3, -0.25) is 14.4 Å². The maximum absolute atomic E-state index is 12.9. The number of carbonyl (C=O) groups excluding carboxylic acids is 3. The third-order valence-corrected chi connectivity index (χ3v) is 4.58. The number of fused-ring (bicyclic) bond motifs is 2. The summed E-state index contributed by atoms with van der Waals surface area (Å²) < 4.78 is 16.5. The first-order valence-corrected chi connectivity index (χ1v) is 7.92. The zero-order valence-corrected chi connectivity index (χ0v) is 14.0. The Morgan fingerprint density at radius 2 is 1.84 bits per heavy atom. The molecule has 0 saturated heterocycles. The molecule has 6 heteroatoms. The molecule has 1 aromatic rings. The third kappa shape index (κ3) is 2.21. The van der Waals surface area contributed by atoms with Gasteiger partial charge in [-0.25, -0.2) is 0 Å². The Morgan fingerprint density at radius 3 is 2.56 bits per heavy atom. The molecule has 0 radical (unpaired) electrons.